The topological polar surface area (TPSA) is 42.9 Å². The Labute approximate surface area is 118 Å². The van der Waals surface area contributed by atoms with E-state index in [1.54, 1.807) is 0 Å². The Morgan fingerprint density at radius 1 is 1.35 bits per heavy atom. The molecule has 2 N–H and O–H groups in total. The zero-order valence-electron chi connectivity index (χ0n) is 11.0. The molecule has 0 spiro atoms. The Morgan fingerprint density at radius 2 is 2.00 bits per heavy atom. The minimum absolute atomic E-state index is 0.0191. The summed E-state index contributed by atoms with van der Waals surface area (Å²) in [5.41, 5.74) is -0.282. The Hall–Kier alpha value is 0.160. The molecule has 17 heavy (non-hydrogen) atoms. The van der Waals surface area contributed by atoms with Crippen molar-refractivity contribution in [2.75, 3.05) is 17.5 Å². The minimum Gasteiger partial charge on any atom is -0.459 e. The molecule has 0 aliphatic carbocycles. The van der Waals surface area contributed by atoms with Crippen LogP contribution in [0.15, 0.2) is 0 Å². The number of hydrogen-bond donors (Lipinski definition) is 1. The SMILES string of the molecule is CC(C)(OC(=O)CCCCI)C1CC[NH2+]CC1. The lowest BCUT2D eigenvalue weighted by Crippen LogP contribution is -2.86. The minimum atomic E-state index is -0.282. The molecule has 0 aromatic rings. The molecule has 1 heterocycles. The van der Waals surface area contributed by atoms with Gasteiger partial charge in [-0.15, -0.1) is 0 Å². The van der Waals surface area contributed by atoms with Crippen molar-refractivity contribution in [3.8, 4) is 0 Å². The maximum atomic E-state index is 11.7. The zero-order chi connectivity index (χ0) is 12.7. The smallest absolute Gasteiger partial charge is 0.306 e. The number of halogens is 1. The Bertz CT molecular complexity index is 238. The highest BCUT2D eigenvalue weighted by molar-refractivity contribution is 14.1. The Kier molecular flexibility index (Phi) is 6.77. The quantitative estimate of drug-likeness (QED) is 0.343. The monoisotopic (exact) mass is 354 g/mol. The molecule has 0 unspecified atom stereocenters. The number of unbranched alkanes of at least 4 members (excludes halogenated alkanes) is 1. The Balaban J connectivity index is 2.33. The van der Waals surface area contributed by atoms with E-state index in [2.05, 4.69) is 41.8 Å². The van der Waals surface area contributed by atoms with E-state index in [9.17, 15) is 4.79 Å². The van der Waals surface area contributed by atoms with Crippen LogP contribution in [0.1, 0.15) is 46.0 Å². The van der Waals surface area contributed by atoms with E-state index in [0.29, 0.717) is 12.3 Å². The molecule has 4 heteroatoms. The first-order chi connectivity index (χ1) is 8.06. The van der Waals surface area contributed by atoms with Crippen LogP contribution in [0.4, 0.5) is 0 Å². The van der Waals surface area contributed by atoms with Gasteiger partial charge in [0, 0.05) is 25.2 Å². The molecule has 1 rings (SSSR count). The fourth-order valence-electron chi connectivity index (χ4n) is 2.41. The summed E-state index contributed by atoms with van der Waals surface area (Å²) < 4.78 is 6.79. The number of hydrogen-bond acceptors (Lipinski definition) is 2. The predicted molar refractivity (Wildman–Crippen MR) is 77.3 cm³/mol. The Morgan fingerprint density at radius 3 is 2.59 bits per heavy atom. The maximum absolute atomic E-state index is 11.7. The van der Waals surface area contributed by atoms with Crippen molar-refractivity contribution in [3.63, 3.8) is 0 Å². The van der Waals surface area contributed by atoms with Crippen molar-refractivity contribution in [2.24, 2.45) is 5.92 Å². The third kappa shape index (κ3) is 5.55. The molecule has 1 aliphatic heterocycles. The van der Waals surface area contributed by atoms with Crippen LogP contribution in [-0.4, -0.2) is 29.1 Å². The van der Waals surface area contributed by atoms with Crippen LogP contribution in [0.25, 0.3) is 0 Å². The molecular formula is C13H25INO2+. The van der Waals surface area contributed by atoms with Crippen LogP contribution in [0.2, 0.25) is 0 Å². The number of rotatable bonds is 6. The summed E-state index contributed by atoms with van der Waals surface area (Å²) in [6, 6.07) is 0. The summed E-state index contributed by atoms with van der Waals surface area (Å²) >= 11 is 2.34. The zero-order valence-corrected chi connectivity index (χ0v) is 13.2. The molecule has 1 saturated heterocycles. The number of carbonyl (C=O) groups is 1. The van der Waals surface area contributed by atoms with Gasteiger partial charge in [0.05, 0.1) is 13.1 Å². The van der Waals surface area contributed by atoms with Gasteiger partial charge in [0.15, 0.2) is 0 Å². The first-order valence-corrected chi connectivity index (χ1v) is 8.18. The normalized spacial score (nSPS) is 18.1. The number of piperidine rings is 1. The van der Waals surface area contributed by atoms with Crippen LogP contribution < -0.4 is 5.32 Å². The van der Waals surface area contributed by atoms with Crippen molar-refractivity contribution in [3.05, 3.63) is 0 Å². The first-order valence-electron chi connectivity index (χ1n) is 6.65. The van der Waals surface area contributed by atoms with E-state index in [1.807, 2.05) is 0 Å². The number of nitrogens with two attached hydrogens (primary N) is 1. The number of ether oxygens (including phenoxy) is 1. The number of esters is 1. The van der Waals surface area contributed by atoms with Gasteiger partial charge in [-0.2, -0.15) is 0 Å². The van der Waals surface area contributed by atoms with Gasteiger partial charge in [-0.05, 0) is 31.1 Å². The van der Waals surface area contributed by atoms with E-state index < -0.39 is 0 Å². The lowest BCUT2D eigenvalue weighted by Gasteiger charge is -2.35. The van der Waals surface area contributed by atoms with Gasteiger partial charge in [0.1, 0.15) is 5.60 Å². The first kappa shape index (κ1) is 15.2. The summed E-state index contributed by atoms with van der Waals surface area (Å²) in [6.07, 6.45) is 4.96. The van der Waals surface area contributed by atoms with E-state index in [1.165, 1.54) is 13.1 Å². The van der Waals surface area contributed by atoms with E-state index in [-0.39, 0.29) is 11.6 Å². The second-order valence-corrected chi connectivity index (χ2v) is 6.44. The van der Waals surface area contributed by atoms with Crippen molar-refractivity contribution < 1.29 is 14.8 Å². The summed E-state index contributed by atoms with van der Waals surface area (Å²) in [4.78, 5) is 11.7. The molecule has 0 saturated carbocycles. The molecule has 100 valence electrons. The third-order valence-electron chi connectivity index (χ3n) is 3.56. The highest BCUT2D eigenvalue weighted by atomic mass is 127. The van der Waals surface area contributed by atoms with Crippen LogP contribution in [0.5, 0.6) is 0 Å². The van der Waals surface area contributed by atoms with Crippen molar-refractivity contribution in [1.29, 1.82) is 0 Å². The molecule has 0 aromatic heterocycles. The highest BCUT2D eigenvalue weighted by Gasteiger charge is 2.34. The number of alkyl halides is 1. The average Bonchev–Trinajstić information content (AvgIpc) is 2.30. The van der Waals surface area contributed by atoms with Gasteiger partial charge < -0.3 is 10.1 Å². The largest absolute Gasteiger partial charge is 0.459 e. The molecule has 0 bridgehead atoms. The molecule has 0 atom stereocenters. The van der Waals surface area contributed by atoms with Crippen LogP contribution in [0, 0.1) is 5.92 Å². The van der Waals surface area contributed by atoms with Gasteiger partial charge in [-0.3, -0.25) is 4.79 Å². The second-order valence-electron chi connectivity index (χ2n) is 5.36. The van der Waals surface area contributed by atoms with Crippen LogP contribution in [-0.2, 0) is 9.53 Å². The molecule has 1 aliphatic rings. The predicted octanol–water partition coefficient (Wildman–Crippen LogP) is 1.89. The van der Waals surface area contributed by atoms with Gasteiger partial charge >= 0.3 is 5.97 Å². The van der Waals surface area contributed by atoms with Crippen molar-refractivity contribution in [2.45, 2.75) is 51.6 Å². The number of carbonyl (C=O) groups excluding carboxylic acids is 1. The fraction of sp³-hybridized carbons (Fsp3) is 0.923. The maximum Gasteiger partial charge on any atom is 0.306 e. The van der Waals surface area contributed by atoms with Crippen LogP contribution in [0.3, 0.4) is 0 Å². The van der Waals surface area contributed by atoms with Gasteiger partial charge in [0.25, 0.3) is 0 Å². The van der Waals surface area contributed by atoms with Gasteiger partial charge in [-0.1, -0.05) is 22.6 Å². The van der Waals surface area contributed by atoms with Crippen molar-refractivity contribution in [1.82, 2.24) is 0 Å². The van der Waals surface area contributed by atoms with E-state index >= 15 is 0 Å². The second kappa shape index (κ2) is 7.56. The van der Waals surface area contributed by atoms with E-state index in [0.717, 1.165) is 30.1 Å². The summed E-state index contributed by atoms with van der Waals surface area (Å²) in [7, 11) is 0. The standard InChI is InChI=1S/C13H24INO2/c1-13(2,11-6-9-15-10-7-11)17-12(16)5-3-4-8-14/h11,15H,3-10H2,1-2H3/p+1. The molecule has 1 fully saturated rings. The molecule has 0 aromatic carbocycles. The van der Waals surface area contributed by atoms with Crippen molar-refractivity contribution >= 4 is 28.6 Å². The third-order valence-corrected chi connectivity index (χ3v) is 4.33. The van der Waals surface area contributed by atoms with Crippen LogP contribution >= 0.6 is 22.6 Å². The summed E-state index contributed by atoms with van der Waals surface area (Å²) in [6.45, 7) is 6.47. The molecular weight excluding hydrogens is 329 g/mol. The highest BCUT2D eigenvalue weighted by Crippen LogP contribution is 2.28. The fourth-order valence-corrected chi connectivity index (χ4v) is 2.95. The lowest BCUT2D eigenvalue weighted by atomic mass is 9.83. The van der Waals surface area contributed by atoms with E-state index in [4.69, 9.17) is 4.74 Å². The summed E-state index contributed by atoms with van der Waals surface area (Å²) in [5.74, 6) is 0.510. The average molecular weight is 354 g/mol. The summed E-state index contributed by atoms with van der Waals surface area (Å²) in [5, 5.41) is 2.34. The lowest BCUT2D eigenvalue weighted by molar-refractivity contribution is -0.665. The number of quaternary nitrogens is 1. The molecule has 3 nitrogen and oxygen atoms in total. The van der Waals surface area contributed by atoms with Gasteiger partial charge in [0.2, 0.25) is 0 Å². The molecule has 0 radical (unpaired) electrons. The van der Waals surface area contributed by atoms with Gasteiger partial charge in [-0.25, -0.2) is 0 Å². The molecule has 0 amide bonds.